The Kier molecular flexibility index (Phi) is 3.39. The molecule has 0 saturated carbocycles. The molecule has 0 N–H and O–H groups in total. The summed E-state index contributed by atoms with van der Waals surface area (Å²) < 4.78 is 7.06. The highest BCUT2D eigenvalue weighted by Gasteiger charge is 2.05. The van der Waals surface area contributed by atoms with E-state index in [2.05, 4.69) is 10.3 Å². The van der Waals surface area contributed by atoms with Crippen molar-refractivity contribution in [2.75, 3.05) is 0 Å². The largest absolute Gasteiger partial charge is 0.486 e. The van der Waals surface area contributed by atoms with Gasteiger partial charge >= 0.3 is 0 Å². The van der Waals surface area contributed by atoms with Crippen LogP contribution in [0, 0.1) is 0 Å². The Balaban J connectivity index is 2.06. The number of hydrogen-bond acceptors (Lipinski definition) is 4. The normalized spacial score (nSPS) is 10.2. The van der Waals surface area contributed by atoms with Crippen molar-refractivity contribution in [2.45, 2.75) is 6.61 Å². The summed E-state index contributed by atoms with van der Waals surface area (Å²) in [5.41, 5.74) is 1.23. The van der Waals surface area contributed by atoms with E-state index in [0.717, 1.165) is 6.29 Å². The minimum absolute atomic E-state index is 0.286. The van der Waals surface area contributed by atoms with E-state index >= 15 is 0 Å². The Hall–Kier alpha value is -1.88. The Morgan fingerprint density at radius 1 is 1.53 bits per heavy atom. The Labute approximate surface area is 103 Å². The number of aryl methyl sites for hydroxylation is 1. The molecule has 1 heterocycles. The van der Waals surface area contributed by atoms with Gasteiger partial charge in [-0.25, -0.2) is 0 Å². The average Bonchev–Trinajstić information content (AvgIpc) is 2.73. The minimum atomic E-state index is 0.286. The molecule has 0 amide bonds. The van der Waals surface area contributed by atoms with Crippen molar-refractivity contribution in [1.29, 1.82) is 0 Å². The number of aromatic nitrogens is 3. The van der Waals surface area contributed by atoms with Crippen LogP contribution in [0.2, 0.25) is 5.02 Å². The lowest BCUT2D eigenvalue weighted by molar-refractivity contribution is 0.112. The molecule has 0 atom stereocenters. The molecule has 0 unspecified atom stereocenters. The molecule has 0 fully saturated rings. The second kappa shape index (κ2) is 4.97. The van der Waals surface area contributed by atoms with Crippen LogP contribution in [0.4, 0.5) is 0 Å². The molecular formula is C11H10ClN3O2. The Morgan fingerprint density at radius 3 is 2.94 bits per heavy atom. The first kappa shape index (κ1) is 11.6. The molecule has 0 spiro atoms. The van der Waals surface area contributed by atoms with Gasteiger partial charge in [0.25, 0.3) is 0 Å². The molecule has 2 aromatic rings. The zero-order chi connectivity index (χ0) is 12.3. The summed E-state index contributed by atoms with van der Waals surface area (Å²) in [6.45, 7) is 0.286. The lowest BCUT2D eigenvalue weighted by atomic mass is 10.2. The van der Waals surface area contributed by atoms with Gasteiger partial charge in [-0.15, -0.1) is 5.10 Å². The number of benzene rings is 1. The molecule has 0 aliphatic carbocycles. The van der Waals surface area contributed by atoms with E-state index in [0.29, 0.717) is 22.0 Å². The van der Waals surface area contributed by atoms with E-state index in [1.165, 1.54) is 0 Å². The monoisotopic (exact) mass is 251 g/mol. The van der Waals surface area contributed by atoms with Gasteiger partial charge in [0.05, 0.1) is 11.2 Å². The van der Waals surface area contributed by atoms with Crippen molar-refractivity contribution in [3.05, 3.63) is 40.7 Å². The average molecular weight is 252 g/mol. The van der Waals surface area contributed by atoms with Crippen LogP contribution in [-0.2, 0) is 13.7 Å². The number of aldehydes is 1. The highest BCUT2D eigenvalue weighted by Crippen LogP contribution is 2.25. The van der Waals surface area contributed by atoms with Crippen LogP contribution in [0.5, 0.6) is 5.75 Å². The molecule has 0 saturated heterocycles. The van der Waals surface area contributed by atoms with Crippen molar-refractivity contribution in [1.82, 2.24) is 15.0 Å². The van der Waals surface area contributed by atoms with Crippen molar-refractivity contribution in [3.8, 4) is 5.75 Å². The molecule has 5 nitrogen and oxygen atoms in total. The van der Waals surface area contributed by atoms with Crippen molar-refractivity contribution >= 4 is 17.9 Å². The summed E-state index contributed by atoms with van der Waals surface area (Å²) in [5, 5.41) is 8.07. The fraction of sp³-hybridized carbons (Fsp3) is 0.182. The summed E-state index contributed by atoms with van der Waals surface area (Å²) >= 11 is 5.95. The second-order valence-corrected chi connectivity index (χ2v) is 3.89. The number of carbonyl (C=O) groups excluding carboxylic acids is 1. The van der Waals surface area contributed by atoms with Crippen molar-refractivity contribution < 1.29 is 9.53 Å². The predicted octanol–water partition coefficient (Wildman–Crippen LogP) is 1.86. The van der Waals surface area contributed by atoms with Gasteiger partial charge < -0.3 is 4.74 Å². The number of rotatable bonds is 4. The van der Waals surface area contributed by atoms with Crippen LogP contribution in [-0.4, -0.2) is 21.3 Å². The predicted molar refractivity (Wildman–Crippen MR) is 62.2 cm³/mol. The van der Waals surface area contributed by atoms with Crippen molar-refractivity contribution in [2.24, 2.45) is 7.05 Å². The number of halogens is 1. The van der Waals surface area contributed by atoms with Crippen LogP contribution >= 0.6 is 11.6 Å². The molecule has 0 bridgehead atoms. The van der Waals surface area contributed by atoms with Crippen LogP contribution < -0.4 is 4.74 Å². The summed E-state index contributed by atoms with van der Waals surface area (Å²) in [6.07, 6.45) is 2.49. The molecule has 0 aliphatic rings. The third-order valence-electron chi connectivity index (χ3n) is 2.12. The summed E-state index contributed by atoms with van der Waals surface area (Å²) in [6, 6.07) is 4.86. The van der Waals surface area contributed by atoms with Crippen LogP contribution in [0.1, 0.15) is 16.1 Å². The maximum Gasteiger partial charge on any atom is 0.150 e. The SMILES string of the molecule is Cn1cc(COc2ccc(C=O)cc2Cl)nn1. The zero-order valence-electron chi connectivity index (χ0n) is 9.13. The molecule has 1 aromatic carbocycles. The second-order valence-electron chi connectivity index (χ2n) is 3.48. The fourth-order valence-electron chi connectivity index (χ4n) is 1.32. The number of carbonyl (C=O) groups is 1. The molecule has 1 aromatic heterocycles. The number of hydrogen-bond donors (Lipinski definition) is 0. The highest BCUT2D eigenvalue weighted by molar-refractivity contribution is 6.32. The lowest BCUT2D eigenvalue weighted by Gasteiger charge is -2.06. The third kappa shape index (κ3) is 2.82. The summed E-state index contributed by atoms with van der Waals surface area (Å²) in [4.78, 5) is 10.5. The topological polar surface area (TPSA) is 57.0 Å². The van der Waals surface area contributed by atoms with E-state index in [-0.39, 0.29) is 6.61 Å². The van der Waals surface area contributed by atoms with Gasteiger partial charge in [0, 0.05) is 12.6 Å². The quantitative estimate of drug-likeness (QED) is 0.779. The molecule has 17 heavy (non-hydrogen) atoms. The number of ether oxygens (including phenoxy) is 1. The standard InChI is InChI=1S/C11H10ClN3O2/c1-15-5-9(13-14-15)7-17-11-3-2-8(6-16)4-10(11)12/h2-6H,7H2,1H3. The minimum Gasteiger partial charge on any atom is -0.486 e. The Bertz CT molecular complexity index is 539. The van der Waals surface area contributed by atoms with Crippen molar-refractivity contribution in [3.63, 3.8) is 0 Å². The van der Waals surface area contributed by atoms with E-state index in [1.807, 2.05) is 0 Å². The summed E-state index contributed by atoms with van der Waals surface area (Å²) in [7, 11) is 1.78. The van der Waals surface area contributed by atoms with Crippen LogP contribution in [0.25, 0.3) is 0 Å². The first-order valence-electron chi connectivity index (χ1n) is 4.92. The maximum atomic E-state index is 10.5. The molecule has 0 aliphatic heterocycles. The first-order chi connectivity index (χ1) is 8.19. The third-order valence-corrected chi connectivity index (χ3v) is 2.41. The van der Waals surface area contributed by atoms with Gasteiger partial charge in [0.2, 0.25) is 0 Å². The van der Waals surface area contributed by atoms with Gasteiger partial charge in [-0.05, 0) is 18.2 Å². The fourth-order valence-corrected chi connectivity index (χ4v) is 1.56. The van der Waals surface area contributed by atoms with Gasteiger partial charge in [-0.2, -0.15) is 0 Å². The van der Waals surface area contributed by atoms with Gasteiger partial charge in [0.1, 0.15) is 24.3 Å². The molecule has 88 valence electrons. The molecule has 6 heteroatoms. The van der Waals surface area contributed by atoms with E-state index in [9.17, 15) is 4.79 Å². The first-order valence-corrected chi connectivity index (χ1v) is 5.29. The highest BCUT2D eigenvalue weighted by atomic mass is 35.5. The maximum absolute atomic E-state index is 10.5. The van der Waals surface area contributed by atoms with E-state index in [4.69, 9.17) is 16.3 Å². The zero-order valence-corrected chi connectivity index (χ0v) is 9.89. The Morgan fingerprint density at radius 2 is 2.35 bits per heavy atom. The van der Waals surface area contributed by atoms with Gasteiger partial charge in [-0.1, -0.05) is 16.8 Å². The van der Waals surface area contributed by atoms with Gasteiger partial charge in [0.15, 0.2) is 0 Å². The van der Waals surface area contributed by atoms with Gasteiger partial charge in [-0.3, -0.25) is 9.48 Å². The van der Waals surface area contributed by atoms with Crippen LogP contribution in [0.15, 0.2) is 24.4 Å². The molecule has 2 rings (SSSR count). The molecular weight excluding hydrogens is 242 g/mol. The van der Waals surface area contributed by atoms with Crippen LogP contribution in [0.3, 0.4) is 0 Å². The van der Waals surface area contributed by atoms with E-state index < -0.39 is 0 Å². The smallest absolute Gasteiger partial charge is 0.150 e. The van der Waals surface area contributed by atoms with E-state index in [1.54, 1.807) is 36.1 Å². The summed E-state index contributed by atoms with van der Waals surface area (Å²) in [5.74, 6) is 0.517. The molecule has 0 radical (unpaired) electrons. The lowest BCUT2D eigenvalue weighted by Crippen LogP contribution is -1.96. The number of nitrogens with zero attached hydrogens (tertiary/aromatic N) is 3.